The van der Waals surface area contributed by atoms with Crippen LogP contribution in [0.5, 0.6) is 0 Å². The van der Waals surface area contributed by atoms with E-state index in [1.54, 1.807) is 6.26 Å². The molecule has 1 saturated heterocycles. The molecule has 1 unspecified atom stereocenters. The second-order valence-electron chi connectivity index (χ2n) is 7.96. The fourth-order valence-electron chi connectivity index (χ4n) is 4.67. The summed E-state index contributed by atoms with van der Waals surface area (Å²) >= 11 is 0. The van der Waals surface area contributed by atoms with Gasteiger partial charge in [0.2, 0.25) is 0 Å². The SMILES string of the molecule is CC1CC(C)(C)c2cccc(NC(=O)N3CCC[C@@H]3c3ccon3)c21. The smallest absolute Gasteiger partial charge is 0.322 e. The summed E-state index contributed by atoms with van der Waals surface area (Å²) in [4.78, 5) is 14.8. The van der Waals surface area contributed by atoms with Gasteiger partial charge in [0.15, 0.2) is 0 Å². The van der Waals surface area contributed by atoms with Crippen molar-refractivity contribution < 1.29 is 9.32 Å². The lowest BCUT2D eigenvalue weighted by atomic mass is 9.86. The van der Waals surface area contributed by atoms with E-state index in [2.05, 4.69) is 37.3 Å². The van der Waals surface area contributed by atoms with E-state index in [0.717, 1.165) is 37.2 Å². The molecule has 5 nitrogen and oxygen atoms in total. The van der Waals surface area contributed by atoms with Crippen LogP contribution in [0.15, 0.2) is 35.1 Å². The van der Waals surface area contributed by atoms with Crippen molar-refractivity contribution >= 4 is 11.7 Å². The minimum atomic E-state index is -0.0455. The maximum absolute atomic E-state index is 12.9. The molecule has 1 fully saturated rings. The molecule has 2 amide bonds. The molecule has 1 aliphatic heterocycles. The van der Waals surface area contributed by atoms with E-state index in [9.17, 15) is 4.79 Å². The van der Waals surface area contributed by atoms with Gasteiger partial charge in [0.05, 0.1) is 6.04 Å². The molecule has 0 spiro atoms. The van der Waals surface area contributed by atoms with Crippen molar-refractivity contribution in [2.45, 2.75) is 57.4 Å². The number of likely N-dealkylation sites (tertiary alicyclic amines) is 1. The van der Waals surface area contributed by atoms with Crippen LogP contribution in [-0.4, -0.2) is 22.6 Å². The van der Waals surface area contributed by atoms with Crippen LogP contribution in [0.1, 0.15) is 68.8 Å². The van der Waals surface area contributed by atoms with E-state index in [1.165, 1.54) is 11.1 Å². The number of carbonyl (C=O) groups excluding carboxylic acids is 1. The minimum Gasteiger partial charge on any atom is -0.364 e. The Labute approximate surface area is 148 Å². The Morgan fingerprint density at radius 1 is 1.36 bits per heavy atom. The average Bonchev–Trinajstić information content (AvgIpc) is 3.28. The second kappa shape index (κ2) is 5.90. The number of hydrogen-bond donors (Lipinski definition) is 1. The number of rotatable bonds is 2. The minimum absolute atomic E-state index is 0.00405. The van der Waals surface area contributed by atoms with Crippen molar-refractivity contribution in [3.63, 3.8) is 0 Å². The molecular formula is C20H25N3O2. The quantitative estimate of drug-likeness (QED) is 0.852. The highest BCUT2D eigenvalue weighted by atomic mass is 16.5. The molecule has 2 aromatic rings. The zero-order valence-electron chi connectivity index (χ0n) is 15.1. The largest absolute Gasteiger partial charge is 0.364 e. The molecule has 2 atom stereocenters. The topological polar surface area (TPSA) is 58.4 Å². The number of amides is 2. The Morgan fingerprint density at radius 2 is 2.20 bits per heavy atom. The van der Waals surface area contributed by atoms with E-state index in [0.29, 0.717) is 5.92 Å². The van der Waals surface area contributed by atoms with Crippen LogP contribution < -0.4 is 5.32 Å². The zero-order valence-corrected chi connectivity index (χ0v) is 15.1. The van der Waals surface area contributed by atoms with Gasteiger partial charge in [-0.2, -0.15) is 0 Å². The van der Waals surface area contributed by atoms with Gasteiger partial charge in [-0.25, -0.2) is 4.79 Å². The third-order valence-electron chi connectivity index (χ3n) is 5.70. The van der Waals surface area contributed by atoms with Crippen LogP contribution >= 0.6 is 0 Å². The molecule has 132 valence electrons. The van der Waals surface area contributed by atoms with Crippen molar-refractivity contribution in [2.75, 3.05) is 11.9 Å². The Hall–Kier alpha value is -2.30. The number of aromatic nitrogens is 1. The van der Waals surface area contributed by atoms with Gasteiger partial charge in [0.1, 0.15) is 12.0 Å². The first-order valence-electron chi connectivity index (χ1n) is 9.08. The van der Waals surface area contributed by atoms with Gasteiger partial charge in [-0.05, 0) is 47.8 Å². The lowest BCUT2D eigenvalue weighted by molar-refractivity contribution is 0.204. The van der Waals surface area contributed by atoms with Gasteiger partial charge in [-0.1, -0.05) is 38.1 Å². The van der Waals surface area contributed by atoms with E-state index in [1.807, 2.05) is 23.1 Å². The Kier molecular flexibility index (Phi) is 3.82. The summed E-state index contributed by atoms with van der Waals surface area (Å²) in [5, 5.41) is 7.20. The van der Waals surface area contributed by atoms with E-state index in [4.69, 9.17) is 4.52 Å². The van der Waals surface area contributed by atoms with Gasteiger partial charge < -0.3 is 14.7 Å². The number of anilines is 1. The summed E-state index contributed by atoms with van der Waals surface area (Å²) in [6, 6.07) is 8.08. The molecule has 2 aliphatic rings. The number of nitrogens with zero attached hydrogens (tertiary/aromatic N) is 2. The number of urea groups is 1. The molecule has 0 bridgehead atoms. The average molecular weight is 339 g/mol. The standard InChI is InChI=1S/C20H25N3O2/c1-13-12-20(2,3)14-6-4-7-16(18(13)14)21-19(24)23-10-5-8-17(23)15-9-11-25-22-15/h4,6-7,9,11,13,17H,5,8,10,12H2,1-3H3,(H,21,24)/t13?,17-/m1/s1. The molecule has 2 heterocycles. The van der Waals surface area contributed by atoms with Crippen molar-refractivity contribution in [3.05, 3.63) is 47.3 Å². The Balaban J connectivity index is 1.59. The number of hydrogen-bond acceptors (Lipinski definition) is 3. The zero-order chi connectivity index (χ0) is 17.6. The number of benzene rings is 1. The molecule has 25 heavy (non-hydrogen) atoms. The summed E-state index contributed by atoms with van der Waals surface area (Å²) in [6.07, 6.45) is 4.59. The summed E-state index contributed by atoms with van der Waals surface area (Å²) in [5.74, 6) is 0.450. The van der Waals surface area contributed by atoms with E-state index in [-0.39, 0.29) is 17.5 Å². The van der Waals surface area contributed by atoms with Crippen molar-refractivity contribution in [1.82, 2.24) is 10.1 Å². The summed E-state index contributed by atoms with van der Waals surface area (Å²) < 4.78 is 4.96. The van der Waals surface area contributed by atoms with Gasteiger partial charge in [-0.15, -0.1) is 0 Å². The molecule has 0 saturated carbocycles. The fraction of sp³-hybridized carbons (Fsp3) is 0.500. The summed E-state index contributed by atoms with van der Waals surface area (Å²) in [7, 11) is 0. The Bertz CT molecular complexity index is 782. The first kappa shape index (κ1) is 16.2. The van der Waals surface area contributed by atoms with E-state index < -0.39 is 0 Å². The van der Waals surface area contributed by atoms with Crippen LogP contribution in [0.25, 0.3) is 0 Å². The molecule has 0 radical (unpaired) electrons. The second-order valence-corrected chi connectivity index (χ2v) is 7.96. The van der Waals surface area contributed by atoms with Gasteiger partial charge >= 0.3 is 6.03 Å². The predicted molar refractivity (Wildman–Crippen MR) is 96.7 cm³/mol. The maximum Gasteiger partial charge on any atom is 0.322 e. The van der Waals surface area contributed by atoms with Crippen LogP contribution in [0.3, 0.4) is 0 Å². The number of carbonyl (C=O) groups is 1. The number of nitrogens with one attached hydrogen (secondary N) is 1. The monoisotopic (exact) mass is 339 g/mol. The normalized spacial score (nSPS) is 24.4. The Morgan fingerprint density at radius 3 is 2.96 bits per heavy atom. The fourth-order valence-corrected chi connectivity index (χ4v) is 4.67. The third kappa shape index (κ3) is 2.71. The lowest BCUT2D eigenvalue weighted by Crippen LogP contribution is -2.34. The molecule has 1 aliphatic carbocycles. The molecule has 4 rings (SSSR count). The van der Waals surface area contributed by atoms with Crippen LogP contribution in [0, 0.1) is 0 Å². The number of fused-ring (bicyclic) bond motifs is 1. The molecule has 1 aromatic carbocycles. The maximum atomic E-state index is 12.9. The predicted octanol–water partition coefficient (Wildman–Crippen LogP) is 4.83. The van der Waals surface area contributed by atoms with Crippen LogP contribution in [0.2, 0.25) is 0 Å². The lowest BCUT2D eigenvalue weighted by Gasteiger charge is -2.25. The summed E-state index contributed by atoms with van der Waals surface area (Å²) in [6.45, 7) is 7.56. The van der Waals surface area contributed by atoms with Gasteiger partial charge in [-0.3, -0.25) is 0 Å². The van der Waals surface area contributed by atoms with Crippen molar-refractivity contribution in [2.24, 2.45) is 0 Å². The van der Waals surface area contributed by atoms with Crippen molar-refractivity contribution in [1.29, 1.82) is 0 Å². The highest BCUT2D eigenvalue weighted by Gasteiger charge is 2.37. The molecule has 5 heteroatoms. The highest BCUT2D eigenvalue weighted by molar-refractivity contribution is 5.91. The first-order chi connectivity index (χ1) is 12.0. The summed E-state index contributed by atoms with van der Waals surface area (Å²) in [5.41, 5.74) is 4.59. The third-order valence-corrected chi connectivity index (χ3v) is 5.70. The highest BCUT2D eigenvalue weighted by Crippen LogP contribution is 2.48. The first-order valence-corrected chi connectivity index (χ1v) is 9.08. The molecule has 1 aromatic heterocycles. The molecular weight excluding hydrogens is 314 g/mol. The van der Waals surface area contributed by atoms with Crippen LogP contribution in [-0.2, 0) is 5.41 Å². The van der Waals surface area contributed by atoms with Gasteiger partial charge in [0, 0.05) is 18.3 Å². The van der Waals surface area contributed by atoms with Crippen LogP contribution in [0.4, 0.5) is 10.5 Å². The molecule has 1 N–H and O–H groups in total. The van der Waals surface area contributed by atoms with E-state index >= 15 is 0 Å². The van der Waals surface area contributed by atoms with Gasteiger partial charge in [0.25, 0.3) is 0 Å². The van der Waals surface area contributed by atoms with Crippen molar-refractivity contribution in [3.8, 4) is 0 Å².